The van der Waals surface area contributed by atoms with Crippen LogP contribution >= 0.6 is 0 Å². The van der Waals surface area contributed by atoms with Gasteiger partial charge in [-0.15, -0.1) is 0 Å². The minimum Gasteiger partial charge on any atom is -0.349 e. The van der Waals surface area contributed by atoms with E-state index in [-0.39, 0.29) is 11.9 Å². The lowest BCUT2D eigenvalue weighted by Crippen LogP contribution is -2.44. The first-order valence-electron chi connectivity index (χ1n) is 8.48. The zero-order chi connectivity index (χ0) is 16.4. The Labute approximate surface area is 137 Å². The summed E-state index contributed by atoms with van der Waals surface area (Å²) in [7, 11) is 0. The van der Waals surface area contributed by atoms with Crippen LogP contribution < -0.4 is 10.6 Å². The zero-order valence-electron chi connectivity index (χ0n) is 13.8. The van der Waals surface area contributed by atoms with Crippen LogP contribution in [0.3, 0.4) is 0 Å². The van der Waals surface area contributed by atoms with Crippen LogP contribution in [-0.2, 0) is 0 Å². The van der Waals surface area contributed by atoms with Crippen molar-refractivity contribution >= 4 is 17.6 Å². The van der Waals surface area contributed by atoms with Crippen LogP contribution in [0.25, 0.3) is 0 Å². The van der Waals surface area contributed by atoms with E-state index in [0.29, 0.717) is 29.1 Å². The van der Waals surface area contributed by atoms with E-state index >= 15 is 0 Å². The highest BCUT2D eigenvalue weighted by Crippen LogP contribution is 2.22. The molecule has 124 valence electrons. The highest BCUT2D eigenvalue weighted by Gasteiger charge is 2.26. The number of nitrogens with one attached hydrogen (secondary N) is 2. The molecule has 0 bridgehead atoms. The number of carbonyl (C=O) groups excluding carboxylic acids is 2. The summed E-state index contributed by atoms with van der Waals surface area (Å²) in [6.07, 6.45) is 3.29. The summed E-state index contributed by atoms with van der Waals surface area (Å²) in [6.45, 7) is 5.94. The number of piperidine rings is 1. The van der Waals surface area contributed by atoms with Gasteiger partial charge in [0.05, 0.1) is 0 Å². The van der Waals surface area contributed by atoms with Gasteiger partial charge in [0, 0.05) is 30.4 Å². The van der Waals surface area contributed by atoms with Crippen LogP contribution in [0.1, 0.15) is 43.5 Å². The van der Waals surface area contributed by atoms with Crippen molar-refractivity contribution in [1.82, 2.24) is 10.2 Å². The topological polar surface area (TPSA) is 61.4 Å². The van der Waals surface area contributed by atoms with Gasteiger partial charge in [0.2, 0.25) is 0 Å². The largest absolute Gasteiger partial charge is 0.349 e. The molecule has 1 aromatic carbocycles. The lowest BCUT2D eigenvalue weighted by Gasteiger charge is -2.34. The van der Waals surface area contributed by atoms with Gasteiger partial charge >= 0.3 is 6.03 Å². The van der Waals surface area contributed by atoms with Gasteiger partial charge in [0.15, 0.2) is 0 Å². The Hall–Kier alpha value is -2.04. The molecular weight excluding hydrogens is 290 g/mol. The van der Waals surface area contributed by atoms with Crippen molar-refractivity contribution < 1.29 is 9.59 Å². The minimum absolute atomic E-state index is 0.0659. The molecular formula is C18H25N3O2. The molecule has 0 spiro atoms. The summed E-state index contributed by atoms with van der Waals surface area (Å²) in [6, 6.07) is 7.40. The predicted octanol–water partition coefficient (Wildman–Crippen LogP) is 3.09. The van der Waals surface area contributed by atoms with E-state index in [4.69, 9.17) is 0 Å². The third-order valence-electron chi connectivity index (χ3n) is 4.44. The Morgan fingerprint density at radius 2 is 1.83 bits per heavy atom. The second-order valence-corrected chi connectivity index (χ2v) is 7.11. The smallest absolute Gasteiger partial charge is 0.321 e. The van der Waals surface area contributed by atoms with Gasteiger partial charge in [-0.2, -0.15) is 0 Å². The summed E-state index contributed by atoms with van der Waals surface area (Å²) in [5, 5.41) is 5.89. The van der Waals surface area contributed by atoms with Crippen molar-refractivity contribution in [1.29, 1.82) is 0 Å². The molecule has 5 nitrogen and oxygen atoms in total. The Morgan fingerprint density at radius 1 is 1.13 bits per heavy atom. The molecule has 2 N–H and O–H groups in total. The van der Waals surface area contributed by atoms with Gasteiger partial charge in [-0.25, -0.2) is 4.79 Å². The molecule has 0 unspecified atom stereocenters. The second kappa shape index (κ2) is 6.60. The molecule has 5 heteroatoms. The van der Waals surface area contributed by atoms with Crippen LogP contribution in [0.4, 0.5) is 10.5 Å². The molecule has 1 aromatic rings. The number of likely N-dealkylation sites (tertiary alicyclic amines) is 1. The Bertz CT molecular complexity index is 588. The fourth-order valence-electron chi connectivity index (χ4n) is 3.27. The van der Waals surface area contributed by atoms with Crippen molar-refractivity contribution in [2.75, 3.05) is 18.4 Å². The van der Waals surface area contributed by atoms with Gasteiger partial charge < -0.3 is 15.5 Å². The molecule has 1 heterocycles. The molecule has 23 heavy (non-hydrogen) atoms. The van der Waals surface area contributed by atoms with Crippen LogP contribution in [0, 0.1) is 11.8 Å². The molecule has 1 saturated carbocycles. The molecule has 1 aliphatic carbocycles. The van der Waals surface area contributed by atoms with E-state index in [1.807, 2.05) is 11.0 Å². The number of benzene rings is 1. The average Bonchev–Trinajstić information content (AvgIpc) is 3.30. The fraction of sp³-hybridized carbons (Fsp3) is 0.556. The van der Waals surface area contributed by atoms with Gasteiger partial charge in [0.25, 0.3) is 5.91 Å². The Morgan fingerprint density at radius 3 is 2.48 bits per heavy atom. The standard InChI is InChI=1S/C18H25N3O2/c1-12-8-13(2)11-21(10-12)18(23)20-16-5-3-4-14(9-16)17(22)19-15-6-7-15/h3-5,9,12-13,15H,6-8,10-11H2,1-2H3,(H,19,22)(H,20,23)/t12-,13-/m1/s1. The van der Waals surface area contributed by atoms with Crippen LogP contribution in [0.2, 0.25) is 0 Å². The number of hydrogen-bond donors (Lipinski definition) is 2. The van der Waals surface area contributed by atoms with E-state index in [1.54, 1.807) is 18.2 Å². The van der Waals surface area contributed by atoms with E-state index in [1.165, 1.54) is 6.42 Å². The van der Waals surface area contributed by atoms with Crippen LogP contribution in [0.5, 0.6) is 0 Å². The first-order valence-corrected chi connectivity index (χ1v) is 8.48. The molecule has 1 aliphatic heterocycles. The highest BCUT2D eigenvalue weighted by atomic mass is 16.2. The van der Waals surface area contributed by atoms with E-state index < -0.39 is 0 Å². The number of hydrogen-bond acceptors (Lipinski definition) is 2. The van der Waals surface area contributed by atoms with Crippen LogP contribution in [-0.4, -0.2) is 36.0 Å². The van der Waals surface area contributed by atoms with Crippen molar-refractivity contribution in [2.24, 2.45) is 11.8 Å². The first-order chi connectivity index (χ1) is 11.0. The maximum atomic E-state index is 12.4. The number of carbonyl (C=O) groups is 2. The van der Waals surface area contributed by atoms with Gasteiger partial charge in [-0.3, -0.25) is 4.79 Å². The molecule has 1 saturated heterocycles. The quantitative estimate of drug-likeness (QED) is 0.900. The van der Waals surface area contributed by atoms with Crippen LogP contribution in [0.15, 0.2) is 24.3 Å². The number of rotatable bonds is 3. The summed E-state index contributed by atoms with van der Waals surface area (Å²) < 4.78 is 0. The normalized spacial score (nSPS) is 24.2. The maximum Gasteiger partial charge on any atom is 0.321 e. The molecule has 2 aliphatic rings. The highest BCUT2D eigenvalue weighted by molar-refractivity contribution is 5.97. The first kappa shape index (κ1) is 15.8. The third kappa shape index (κ3) is 4.24. The van der Waals surface area contributed by atoms with Crippen molar-refractivity contribution in [2.45, 2.75) is 39.2 Å². The molecule has 0 radical (unpaired) electrons. The third-order valence-corrected chi connectivity index (χ3v) is 4.44. The number of anilines is 1. The summed E-state index contributed by atoms with van der Waals surface area (Å²) in [5.41, 5.74) is 1.26. The van der Waals surface area contributed by atoms with E-state index in [2.05, 4.69) is 24.5 Å². The summed E-state index contributed by atoms with van der Waals surface area (Å²) in [4.78, 5) is 26.4. The molecule has 3 rings (SSSR count). The lowest BCUT2D eigenvalue weighted by atomic mass is 9.92. The Kier molecular flexibility index (Phi) is 4.55. The molecule has 3 amide bonds. The summed E-state index contributed by atoms with van der Waals surface area (Å²) >= 11 is 0. The SMILES string of the molecule is C[C@@H]1C[C@@H](C)CN(C(=O)Nc2cccc(C(=O)NC3CC3)c2)C1. The van der Waals surface area contributed by atoms with Gasteiger partial charge in [-0.05, 0) is 49.3 Å². The van der Waals surface area contributed by atoms with E-state index in [0.717, 1.165) is 25.9 Å². The lowest BCUT2D eigenvalue weighted by molar-refractivity contribution is 0.0951. The van der Waals surface area contributed by atoms with Crippen molar-refractivity contribution in [3.05, 3.63) is 29.8 Å². The Balaban J connectivity index is 1.62. The molecule has 2 fully saturated rings. The number of nitrogens with zero attached hydrogens (tertiary/aromatic N) is 1. The van der Waals surface area contributed by atoms with Crippen molar-refractivity contribution in [3.63, 3.8) is 0 Å². The van der Waals surface area contributed by atoms with Gasteiger partial charge in [0.1, 0.15) is 0 Å². The minimum atomic E-state index is -0.0804. The van der Waals surface area contributed by atoms with E-state index in [9.17, 15) is 9.59 Å². The number of urea groups is 1. The maximum absolute atomic E-state index is 12.4. The van der Waals surface area contributed by atoms with Crippen molar-refractivity contribution in [3.8, 4) is 0 Å². The monoisotopic (exact) mass is 315 g/mol. The average molecular weight is 315 g/mol. The molecule has 0 aromatic heterocycles. The zero-order valence-corrected chi connectivity index (χ0v) is 13.8. The number of amides is 3. The summed E-state index contributed by atoms with van der Waals surface area (Å²) in [5.74, 6) is 0.990. The fourth-order valence-corrected chi connectivity index (χ4v) is 3.27. The molecule has 2 atom stereocenters. The van der Waals surface area contributed by atoms with Gasteiger partial charge in [-0.1, -0.05) is 19.9 Å². The predicted molar refractivity (Wildman–Crippen MR) is 90.5 cm³/mol. The second-order valence-electron chi connectivity index (χ2n) is 7.11.